The number of nitrogens with zero attached hydrogens (tertiary/aromatic N) is 1. The van der Waals surface area contributed by atoms with Crippen LogP contribution < -0.4 is 11.5 Å². The molecule has 1 saturated heterocycles. The van der Waals surface area contributed by atoms with Crippen LogP contribution in [0.4, 0.5) is 13.2 Å². The normalized spacial score (nSPS) is 21.4. The molecule has 16 heavy (non-hydrogen) atoms. The first kappa shape index (κ1) is 14.1. The van der Waals surface area contributed by atoms with Gasteiger partial charge >= 0.3 is 6.18 Å². The summed E-state index contributed by atoms with van der Waals surface area (Å²) in [6, 6.07) is 0. The van der Waals surface area contributed by atoms with Crippen molar-refractivity contribution < 1.29 is 13.2 Å². The molecule has 4 N–H and O–H groups in total. The fourth-order valence-electron chi connectivity index (χ4n) is 1.79. The molecule has 0 unspecified atom stereocenters. The minimum atomic E-state index is -4.24. The number of likely N-dealkylation sites (tertiary alicyclic amines) is 1. The van der Waals surface area contributed by atoms with Gasteiger partial charge in [-0.15, -0.1) is 11.8 Å². The molecule has 0 aromatic carbocycles. The molecule has 1 aliphatic rings. The quantitative estimate of drug-likeness (QED) is 0.746. The highest BCUT2D eigenvalue weighted by Gasteiger charge is 2.41. The van der Waals surface area contributed by atoms with Gasteiger partial charge in [0, 0.05) is 6.54 Å². The summed E-state index contributed by atoms with van der Waals surface area (Å²) in [7, 11) is 0. The van der Waals surface area contributed by atoms with Crippen LogP contribution in [0.2, 0.25) is 0 Å². The lowest BCUT2D eigenvalue weighted by molar-refractivity contribution is -0.132. The largest absolute Gasteiger partial charge is 0.401 e. The standard InChI is InChI=1S/C9H18F3N3S/c10-9(11,12)7(16-8(13)14)6-15-4-2-1-3-5-15/h7-8H,1-6,13-14H2/t7-/m1/s1. The molecule has 0 bridgehead atoms. The fourth-order valence-corrected chi connectivity index (χ4v) is 2.62. The van der Waals surface area contributed by atoms with Gasteiger partial charge in [0.2, 0.25) is 0 Å². The van der Waals surface area contributed by atoms with Crippen LogP contribution in [0.1, 0.15) is 19.3 Å². The van der Waals surface area contributed by atoms with Crippen LogP contribution in [0.3, 0.4) is 0 Å². The van der Waals surface area contributed by atoms with Crippen LogP contribution >= 0.6 is 11.8 Å². The van der Waals surface area contributed by atoms with Crippen molar-refractivity contribution in [2.45, 2.75) is 36.2 Å². The summed E-state index contributed by atoms with van der Waals surface area (Å²) < 4.78 is 38.0. The summed E-state index contributed by atoms with van der Waals surface area (Å²) in [5, 5.41) is -1.48. The van der Waals surface area contributed by atoms with Gasteiger partial charge in [0.05, 0.1) is 0 Å². The molecule has 7 heteroatoms. The average Bonchev–Trinajstić information content (AvgIpc) is 2.16. The Morgan fingerprint density at radius 1 is 1.12 bits per heavy atom. The maximum Gasteiger partial charge on any atom is 0.401 e. The second-order valence-electron chi connectivity index (χ2n) is 3.99. The zero-order valence-electron chi connectivity index (χ0n) is 9.04. The van der Waals surface area contributed by atoms with Crippen molar-refractivity contribution in [2.24, 2.45) is 11.5 Å². The third-order valence-electron chi connectivity index (χ3n) is 2.56. The molecule has 0 spiro atoms. The maximum atomic E-state index is 12.7. The predicted octanol–water partition coefficient (Wildman–Crippen LogP) is 1.34. The van der Waals surface area contributed by atoms with Gasteiger partial charge < -0.3 is 16.4 Å². The van der Waals surface area contributed by atoms with E-state index < -0.39 is 16.9 Å². The highest BCUT2D eigenvalue weighted by Crippen LogP contribution is 2.32. The molecule has 0 amide bonds. The molecule has 0 aromatic heterocycles. The molecular weight excluding hydrogens is 239 g/mol. The second-order valence-corrected chi connectivity index (χ2v) is 5.38. The molecule has 1 rings (SSSR count). The monoisotopic (exact) mass is 257 g/mol. The van der Waals surface area contributed by atoms with E-state index in [4.69, 9.17) is 11.5 Å². The van der Waals surface area contributed by atoms with Crippen LogP contribution in [-0.4, -0.2) is 41.5 Å². The summed E-state index contributed by atoms with van der Waals surface area (Å²) in [6.07, 6.45) is -1.18. The van der Waals surface area contributed by atoms with Crippen LogP contribution in [0.15, 0.2) is 0 Å². The molecule has 96 valence electrons. The van der Waals surface area contributed by atoms with Crippen molar-refractivity contribution >= 4 is 11.8 Å². The van der Waals surface area contributed by atoms with E-state index in [0.29, 0.717) is 11.8 Å². The Kier molecular flexibility index (Phi) is 5.36. The van der Waals surface area contributed by atoms with Gasteiger partial charge in [0.25, 0.3) is 0 Å². The molecule has 1 fully saturated rings. The third kappa shape index (κ3) is 4.90. The van der Waals surface area contributed by atoms with E-state index in [1.54, 1.807) is 0 Å². The lowest BCUT2D eigenvalue weighted by atomic mass is 10.1. The minimum Gasteiger partial charge on any atom is -0.307 e. The van der Waals surface area contributed by atoms with Gasteiger partial charge in [0.1, 0.15) is 10.7 Å². The van der Waals surface area contributed by atoms with Crippen molar-refractivity contribution in [3.8, 4) is 0 Å². The zero-order chi connectivity index (χ0) is 12.2. The molecule has 0 saturated carbocycles. The lowest BCUT2D eigenvalue weighted by Gasteiger charge is -2.31. The van der Waals surface area contributed by atoms with E-state index in [1.807, 2.05) is 4.90 Å². The smallest absolute Gasteiger partial charge is 0.307 e. The molecule has 3 nitrogen and oxygen atoms in total. The number of halogens is 3. The van der Waals surface area contributed by atoms with Gasteiger partial charge in [-0.05, 0) is 25.9 Å². The van der Waals surface area contributed by atoms with Crippen LogP contribution in [0.25, 0.3) is 0 Å². The first-order valence-corrected chi connectivity index (χ1v) is 6.29. The van der Waals surface area contributed by atoms with Gasteiger partial charge in [-0.25, -0.2) is 0 Å². The topological polar surface area (TPSA) is 55.3 Å². The molecule has 0 aromatic rings. The van der Waals surface area contributed by atoms with Crippen LogP contribution in [0, 0.1) is 0 Å². The molecule has 0 aliphatic carbocycles. The van der Waals surface area contributed by atoms with E-state index >= 15 is 0 Å². The Morgan fingerprint density at radius 3 is 2.12 bits per heavy atom. The Bertz CT molecular complexity index is 205. The molecule has 0 radical (unpaired) electrons. The Labute approximate surface area is 97.7 Å². The highest BCUT2D eigenvalue weighted by atomic mass is 32.2. The number of rotatable bonds is 4. The highest BCUT2D eigenvalue weighted by molar-refractivity contribution is 8.00. The summed E-state index contributed by atoms with van der Waals surface area (Å²) in [6.45, 7) is 1.49. The summed E-state index contributed by atoms with van der Waals surface area (Å²) in [5.41, 5.74) is 9.46. The number of hydrogen-bond acceptors (Lipinski definition) is 4. The Balaban J connectivity index is 2.48. The SMILES string of the molecule is NC(N)S[C@H](CN1CCCCC1)C(F)(F)F. The predicted molar refractivity (Wildman–Crippen MR) is 59.9 cm³/mol. The first-order chi connectivity index (χ1) is 7.39. The summed E-state index contributed by atoms with van der Waals surface area (Å²) in [5.74, 6) is 0. The van der Waals surface area contributed by atoms with Gasteiger partial charge in [0.15, 0.2) is 0 Å². The molecular formula is C9H18F3N3S. The molecule has 1 atom stereocenters. The number of nitrogens with two attached hydrogens (primary N) is 2. The van der Waals surface area contributed by atoms with Crippen molar-refractivity contribution in [3.63, 3.8) is 0 Å². The summed E-state index contributed by atoms with van der Waals surface area (Å²) in [4.78, 5) is 1.84. The average molecular weight is 257 g/mol. The van der Waals surface area contributed by atoms with Crippen molar-refractivity contribution in [1.29, 1.82) is 0 Å². The van der Waals surface area contributed by atoms with Crippen molar-refractivity contribution in [2.75, 3.05) is 19.6 Å². The van der Waals surface area contributed by atoms with Gasteiger partial charge in [-0.1, -0.05) is 6.42 Å². The van der Waals surface area contributed by atoms with Crippen LogP contribution in [0.5, 0.6) is 0 Å². The molecule has 1 aliphatic heterocycles. The number of hydrogen-bond donors (Lipinski definition) is 2. The second kappa shape index (κ2) is 6.09. The van der Waals surface area contributed by atoms with Crippen molar-refractivity contribution in [1.82, 2.24) is 4.90 Å². The van der Waals surface area contributed by atoms with Crippen LogP contribution in [-0.2, 0) is 0 Å². The third-order valence-corrected chi connectivity index (χ3v) is 3.62. The minimum absolute atomic E-state index is 0.000926. The van der Waals surface area contributed by atoms with Gasteiger partial charge in [-0.2, -0.15) is 13.2 Å². The number of piperidine rings is 1. The summed E-state index contributed by atoms with van der Waals surface area (Å²) >= 11 is 0.589. The van der Waals surface area contributed by atoms with E-state index in [9.17, 15) is 13.2 Å². The lowest BCUT2D eigenvalue weighted by Crippen LogP contribution is -2.44. The Hall–Kier alpha value is 0.0200. The number of thioether (sulfide) groups is 1. The number of alkyl halides is 3. The first-order valence-electron chi connectivity index (χ1n) is 5.35. The van der Waals surface area contributed by atoms with Gasteiger partial charge in [-0.3, -0.25) is 0 Å². The van der Waals surface area contributed by atoms with E-state index in [2.05, 4.69) is 0 Å². The maximum absolute atomic E-state index is 12.7. The molecule has 1 heterocycles. The van der Waals surface area contributed by atoms with E-state index in [0.717, 1.165) is 32.4 Å². The van der Waals surface area contributed by atoms with E-state index in [-0.39, 0.29) is 6.54 Å². The Morgan fingerprint density at radius 2 is 1.69 bits per heavy atom. The van der Waals surface area contributed by atoms with E-state index in [1.165, 1.54) is 0 Å². The van der Waals surface area contributed by atoms with Crippen molar-refractivity contribution in [3.05, 3.63) is 0 Å². The zero-order valence-corrected chi connectivity index (χ0v) is 9.86. The fraction of sp³-hybridized carbons (Fsp3) is 1.00.